The third kappa shape index (κ3) is 2.21. The molecule has 1 heteroatoms. The predicted molar refractivity (Wildman–Crippen MR) is 76.6 cm³/mol. The van der Waals surface area contributed by atoms with Gasteiger partial charge in [-0.15, -0.1) is 0 Å². The van der Waals surface area contributed by atoms with Crippen molar-refractivity contribution in [3.05, 3.63) is 72.3 Å². The molecule has 0 atom stereocenters. The Balaban J connectivity index is 1.95. The van der Waals surface area contributed by atoms with Crippen LogP contribution in [0.4, 0.5) is 11.4 Å². The molecule has 3 aromatic carbocycles. The van der Waals surface area contributed by atoms with Crippen molar-refractivity contribution < 1.29 is 0 Å². The second-order valence-electron chi connectivity index (χ2n) is 4.48. The van der Waals surface area contributed by atoms with Gasteiger partial charge in [0.15, 0.2) is 0 Å². The predicted octanol–water partition coefficient (Wildman–Crippen LogP) is 4.72. The average molecular weight is 232 g/mol. The molecule has 0 saturated heterocycles. The minimum absolute atomic E-state index is 0.999. The van der Waals surface area contributed by atoms with Crippen molar-refractivity contribution in [2.24, 2.45) is 0 Å². The Kier molecular flexibility index (Phi) is 2.73. The van der Waals surface area contributed by atoms with Gasteiger partial charge >= 0.3 is 0 Å². The summed E-state index contributed by atoms with van der Waals surface area (Å²) in [6, 6.07) is 22.9. The van der Waals surface area contributed by atoms with E-state index in [9.17, 15) is 0 Å². The lowest BCUT2D eigenvalue weighted by Gasteiger charge is -2.05. The Bertz CT molecular complexity index is 686. The van der Waals surface area contributed by atoms with Crippen LogP contribution in [0, 0.1) is 6.92 Å². The van der Waals surface area contributed by atoms with Crippen molar-refractivity contribution in [1.29, 1.82) is 0 Å². The second-order valence-corrected chi connectivity index (χ2v) is 4.48. The maximum Gasteiger partial charge on any atom is 0.0643 e. The van der Waals surface area contributed by atoms with Crippen LogP contribution >= 0.6 is 0 Å². The van der Waals surface area contributed by atoms with Gasteiger partial charge in [-0.1, -0.05) is 42.5 Å². The summed E-state index contributed by atoms with van der Waals surface area (Å²) >= 11 is 0. The highest BCUT2D eigenvalue weighted by Gasteiger charge is 1.99. The van der Waals surface area contributed by atoms with E-state index in [4.69, 9.17) is 0 Å². The van der Waals surface area contributed by atoms with Crippen molar-refractivity contribution in [3.8, 4) is 0 Å². The molecule has 0 saturated carbocycles. The fourth-order valence-electron chi connectivity index (χ4n) is 2.09. The summed E-state index contributed by atoms with van der Waals surface area (Å²) in [5.74, 6) is 0. The number of nitrogens with zero attached hydrogens (tertiary/aromatic N) is 1. The molecule has 0 amide bonds. The Hall–Kier alpha value is -2.28. The molecule has 0 aromatic heterocycles. The van der Waals surface area contributed by atoms with E-state index in [-0.39, 0.29) is 0 Å². The first-order chi connectivity index (χ1) is 8.81. The molecular weight excluding hydrogens is 218 g/mol. The zero-order valence-corrected chi connectivity index (χ0v) is 10.3. The molecule has 0 aliphatic heterocycles. The maximum atomic E-state index is 4.65. The van der Waals surface area contributed by atoms with Crippen molar-refractivity contribution in [3.63, 3.8) is 0 Å². The smallest absolute Gasteiger partial charge is 0.0643 e. The van der Waals surface area contributed by atoms with Gasteiger partial charge in [-0.3, -0.25) is 0 Å². The minimum Gasteiger partial charge on any atom is -0.249 e. The number of hydrogen-bond donors (Lipinski definition) is 0. The van der Waals surface area contributed by atoms with E-state index in [1.165, 1.54) is 16.3 Å². The molecule has 0 fully saturated rings. The molecule has 0 aliphatic rings. The third-order valence-electron chi connectivity index (χ3n) is 2.99. The van der Waals surface area contributed by atoms with Crippen LogP contribution in [-0.4, -0.2) is 0 Å². The van der Waals surface area contributed by atoms with E-state index in [1.54, 1.807) is 0 Å². The van der Waals surface area contributed by atoms with Crippen LogP contribution in [0.1, 0.15) is 5.56 Å². The van der Waals surface area contributed by atoms with E-state index < -0.39 is 0 Å². The molecule has 0 spiro atoms. The lowest BCUT2D eigenvalue weighted by atomic mass is 10.1. The average Bonchev–Trinajstić information content (AvgIpc) is 2.39. The molecule has 0 bridgehead atoms. The topological polar surface area (TPSA) is 14.1 Å². The molecule has 0 N–H and O–H groups in total. The lowest BCUT2D eigenvalue weighted by Crippen LogP contribution is -1.89. The summed E-state index contributed by atoms with van der Waals surface area (Å²) < 4.78 is 0. The fraction of sp³-hybridized carbons (Fsp3) is 0.0588. The number of rotatable bonds is 2. The minimum atomic E-state index is 0.999. The first-order valence-corrected chi connectivity index (χ1v) is 6.08. The van der Waals surface area contributed by atoms with Crippen LogP contribution in [0.25, 0.3) is 10.8 Å². The Morgan fingerprint density at radius 3 is 2.28 bits per heavy atom. The summed E-state index contributed by atoms with van der Waals surface area (Å²) in [4.78, 5) is 0. The monoisotopic (exact) mass is 232 g/mol. The molecule has 1 radical (unpaired) electrons. The van der Waals surface area contributed by atoms with Crippen molar-refractivity contribution in [2.75, 3.05) is 0 Å². The van der Waals surface area contributed by atoms with Gasteiger partial charge < -0.3 is 0 Å². The normalized spacial score (nSPS) is 10.5. The third-order valence-corrected chi connectivity index (χ3v) is 2.99. The van der Waals surface area contributed by atoms with Crippen molar-refractivity contribution in [1.82, 2.24) is 5.32 Å². The van der Waals surface area contributed by atoms with Crippen LogP contribution in [-0.2, 0) is 0 Å². The van der Waals surface area contributed by atoms with Gasteiger partial charge in [0.1, 0.15) is 0 Å². The SMILES string of the molecule is Cc1cccc([N]c2ccc3ccccc3c2)c1. The van der Waals surface area contributed by atoms with Gasteiger partial charge in [0.25, 0.3) is 0 Å². The Morgan fingerprint density at radius 1 is 0.667 bits per heavy atom. The van der Waals surface area contributed by atoms with E-state index in [1.807, 2.05) is 12.1 Å². The summed E-state index contributed by atoms with van der Waals surface area (Å²) in [5.41, 5.74) is 3.24. The number of aryl methyl sites for hydroxylation is 1. The maximum absolute atomic E-state index is 4.65. The van der Waals surface area contributed by atoms with E-state index in [0.29, 0.717) is 0 Å². The van der Waals surface area contributed by atoms with Crippen LogP contribution in [0.3, 0.4) is 0 Å². The van der Waals surface area contributed by atoms with E-state index in [0.717, 1.165) is 11.4 Å². The largest absolute Gasteiger partial charge is 0.249 e. The molecule has 3 aromatic rings. The zero-order valence-electron chi connectivity index (χ0n) is 10.3. The highest BCUT2D eigenvalue weighted by Crippen LogP contribution is 2.22. The Labute approximate surface area is 107 Å². The Morgan fingerprint density at radius 2 is 1.44 bits per heavy atom. The summed E-state index contributed by atoms with van der Waals surface area (Å²) in [6.07, 6.45) is 0. The van der Waals surface area contributed by atoms with Gasteiger partial charge in [0, 0.05) is 0 Å². The van der Waals surface area contributed by atoms with Gasteiger partial charge in [-0.25, -0.2) is 5.32 Å². The molecule has 0 aliphatic carbocycles. The van der Waals surface area contributed by atoms with E-state index in [2.05, 4.69) is 66.8 Å². The van der Waals surface area contributed by atoms with Crippen LogP contribution in [0.5, 0.6) is 0 Å². The van der Waals surface area contributed by atoms with Crippen LogP contribution < -0.4 is 5.32 Å². The van der Waals surface area contributed by atoms with E-state index >= 15 is 0 Å². The quantitative estimate of drug-likeness (QED) is 0.607. The number of hydrogen-bond acceptors (Lipinski definition) is 0. The second kappa shape index (κ2) is 4.53. The number of benzene rings is 3. The van der Waals surface area contributed by atoms with Gasteiger partial charge in [0.05, 0.1) is 11.4 Å². The van der Waals surface area contributed by atoms with Gasteiger partial charge in [-0.05, 0) is 47.5 Å². The summed E-state index contributed by atoms with van der Waals surface area (Å²) in [6.45, 7) is 2.08. The number of fused-ring (bicyclic) bond motifs is 1. The first-order valence-electron chi connectivity index (χ1n) is 6.08. The molecule has 87 valence electrons. The van der Waals surface area contributed by atoms with Gasteiger partial charge in [0.2, 0.25) is 0 Å². The van der Waals surface area contributed by atoms with Crippen LogP contribution in [0.2, 0.25) is 0 Å². The van der Waals surface area contributed by atoms with Crippen LogP contribution in [0.15, 0.2) is 66.7 Å². The lowest BCUT2D eigenvalue weighted by molar-refractivity contribution is 1.18. The van der Waals surface area contributed by atoms with Crippen molar-refractivity contribution in [2.45, 2.75) is 6.92 Å². The van der Waals surface area contributed by atoms with Crippen molar-refractivity contribution >= 4 is 22.1 Å². The molecule has 1 nitrogen and oxygen atoms in total. The molecule has 3 rings (SSSR count). The molecule has 0 heterocycles. The zero-order chi connectivity index (χ0) is 12.4. The molecule has 0 unspecified atom stereocenters. The highest BCUT2D eigenvalue weighted by atomic mass is 14.9. The summed E-state index contributed by atoms with van der Waals surface area (Å²) in [5, 5.41) is 7.13. The van der Waals surface area contributed by atoms with Gasteiger partial charge in [-0.2, -0.15) is 0 Å². The highest BCUT2D eigenvalue weighted by molar-refractivity contribution is 5.85. The standard InChI is InChI=1S/C17H14N/c1-13-5-4-8-16(11-13)18-17-10-9-14-6-2-3-7-15(14)12-17/h2-12H,1H3. The first kappa shape index (κ1) is 10.8. The molecule has 18 heavy (non-hydrogen) atoms. The summed E-state index contributed by atoms with van der Waals surface area (Å²) in [7, 11) is 0. The molecular formula is C17H14N. The fourth-order valence-corrected chi connectivity index (χ4v) is 2.09.